The molecule has 2 N–H and O–H groups in total. The molecule has 1 aliphatic rings. The first-order valence-corrected chi connectivity index (χ1v) is 11.1. The summed E-state index contributed by atoms with van der Waals surface area (Å²) in [5, 5.41) is 8.41. The Morgan fingerprint density at radius 1 is 1.00 bits per heavy atom. The Kier molecular flexibility index (Phi) is 5.79. The van der Waals surface area contributed by atoms with E-state index in [1.54, 1.807) is 23.5 Å². The zero-order valence-corrected chi connectivity index (χ0v) is 15.5. The molecule has 1 saturated carbocycles. The van der Waals surface area contributed by atoms with Crippen LogP contribution in [0.4, 0.5) is 0 Å². The van der Waals surface area contributed by atoms with Crippen molar-refractivity contribution in [2.45, 2.75) is 63.7 Å². The van der Waals surface area contributed by atoms with Crippen LogP contribution in [0.3, 0.4) is 0 Å². The third-order valence-electron chi connectivity index (χ3n) is 4.83. The minimum atomic E-state index is -3.97. The maximum Gasteiger partial charge on any atom is 0.380 e. The van der Waals surface area contributed by atoms with Crippen LogP contribution in [-0.2, 0) is 10.3 Å². The highest BCUT2D eigenvalue weighted by atomic mass is 32.2. The lowest BCUT2D eigenvalue weighted by molar-refractivity contribution is 0.464. The third-order valence-corrected chi connectivity index (χ3v) is 6.22. The van der Waals surface area contributed by atoms with Crippen LogP contribution in [0.5, 0.6) is 5.75 Å². The Labute approximate surface area is 148 Å². The minimum Gasteiger partial charge on any atom is -0.371 e. The van der Waals surface area contributed by atoms with E-state index in [1.807, 2.05) is 6.07 Å². The van der Waals surface area contributed by atoms with E-state index in [2.05, 4.69) is 5.38 Å². The van der Waals surface area contributed by atoms with Gasteiger partial charge in [0.1, 0.15) is 5.75 Å². The molecule has 0 aliphatic heterocycles. The Morgan fingerprint density at radius 2 is 1.62 bits per heavy atom. The van der Waals surface area contributed by atoms with Gasteiger partial charge in [-0.1, -0.05) is 44.9 Å². The summed E-state index contributed by atoms with van der Waals surface area (Å²) in [6.45, 7) is 0. The number of thiophene rings is 1. The number of hydrogen-bond acceptors (Lipinski definition) is 4. The summed E-state index contributed by atoms with van der Waals surface area (Å²) in [4.78, 5) is 0. The van der Waals surface area contributed by atoms with Crippen LogP contribution in [-0.4, -0.2) is 8.42 Å². The largest absolute Gasteiger partial charge is 0.380 e. The van der Waals surface area contributed by atoms with Gasteiger partial charge in [0.15, 0.2) is 0 Å². The van der Waals surface area contributed by atoms with E-state index in [4.69, 9.17) is 9.32 Å². The molecule has 0 unspecified atom stereocenters. The first-order valence-electron chi connectivity index (χ1n) is 8.76. The van der Waals surface area contributed by atoms with E-state index in [-0.39, 0.29) is 5.75 Å². The number of hydrogen-bond donors (Lipinski definition) is 1. The molecule has 1 aliphatic carbocycles. The molecule has 1 heterocycles. The molecule has 0 atom stereocenters. The maximum atomic E-state index is 11.1. The molecule has 0 amide bonds. The van der Waals surface area contributed by atoms with Crippen LogP contribution >= 0.6 is 11.3 Å². The monoisotopic (exact) mass is 367 g/mol. The molecule has 2 aromatic rings. The Hall–Kier alpha value is -1.11. The quantitative estimate of drug-likeness (QED) is 0.821. The summed E-state index contributed by atoms with van der Waals surface area (Å²) < 4.78 is 28.0. The molecular weight excluding hydrogens is 342 g/mol. The van der Waals surface area contributed by atoms with E-state index < -0.39 is 10.3 Å². The van der Waals surface area contributed by atoms with Crippen molar-refractivity contribution in [1.29, 1.82) is 0 Å². The number of fused-ring (bicyclic) bond motifs is 1. The molecule has 1 aromatic heterocycles. The molecule has 1 aromatic carbocycles. The fourth-order valence-electron chi connectivity index (χ4n) is 3.65. The van der Waals surface area contributed by atoms with Gasteiger partial charge < -0.3 is 4.18 Å². The lowest BCUT2D eigenvalue weighted by Gasteiger charge is -2.18. The second-order valence-electron chi connectivity index (χ2n) is 6.67. The summed E-state index contributed by atoms with van der Waals surface area (Å²) in [6, 6.07) is 5.44. The lowest BCUT2D eigenvalue weighted by atomic mass is 9.87. The van der Waals surface area contributed by atoms with Crippen molar-refractivity contribution in [3.05, 3.63) is 29.1 Å². The Bertz CT molecular complexity index is 773. The van der Waals surface area contributed by atoms with Crippen LogP contribution in [0.15, 0.2) is 23.6 Å². The first kappa shape index (κ1) is 17.7. The molecule has 24 heavy (non-hydrogen) atoms. The van der Waals surface area contributed by atoms with Crippen molar-refractivity contribution in [2.75, 3.05) is 0 Å². The number of benzene rings is 1. The summed E-state index contributed by atoms with van der Waals surface area (Å²) in [7, 11) is -3.97. The van der Waals surface area contributed by atoms with Crippen molar-refractivity contribution in [3.63, 3.8) is 0 Å². The van der Waals surface area contributed by atoms with Crippen LogP contribution in [0.1, 0.15) is 69.3 Å². The van der Waals surface area contributed by atoms with Crippen molar-refractivity contribution >= 4 is 31.7 Å². The normalized spacial score (nSPS) is 18.5. The molecule has 0 bridgehead atoms. The highest BCUT2D eigenvalue weighted by Gasteiger charge is 2.17. The van der Waals surface area contributed by atoms with E-state index in [1.165, 1.54) is 68.7 Å². The van der Waals surface area contributed by atoms with Gasteiger partial charge in [0.25, 0.3) is 0 Å². The van der Waals surface area contributed by atoms with E-state index in [0.29, 0.717) is 5.92 Å². The van der Waals surface area contributed by atoms with Gasteiger partial charge in [-0.2, -0.15) is 13.6 Å². The van der Waals surface area contributed by atoms with Crippen molar-refractivity contribution in [1.82, 2.24) is 0 Å². The average molecular weight is 368 g/mol. The zero-order chi connectivity index (χ0) is 17.0. The number of nitrogens with two attached hydrogens (primary N) is 1. The highest BCUT2D eigenvalue weighted by molar-refractivity contribution is 7.84. The summed E-state index contributed by atoms with van der Waals surface area (Å²) in [5.74, 6) is 0.895. The predicted molar refractivity (Wildman–Crippen MR) is 99.9 cm³/mol. The SMILES string of the molecule is NS(=O)(=O)Oc1ccc2c(C3CCCCCCCCC3)csc2c1. The first-order chi connectivity index (χ1) is 11.5. The summed E-state index contributed by atoms with van der Waals surface area (Å²) >= 11 is 1.65. The minimum absolute atomic E-state index is 0.282. The van der Waals surface area contributed by atoms with Crippen molar-refractivity contribution < 1.29 is 12.6 Å². The average Bonchev–Trinajstić information content (AvgIpc) is 2.94. The zero-order valence-electron chi connectivity index (χ0n) is 13.9. The molecule has 3 rings (SSSR count). The fraction of sp³-hybridized carbons (Fsp3) is 0.556. The van der Waals surface area contributed by atoms with Gasteiger partial charge in [0, 0.05) is 4.70 Å². The van der Waals surface area contributed by atoms with Crippen LogP contribution in [0, 0.1) is 0 Å². The van der Waals surface area contributed by atoms with E-state index in [9.17, 15) is 8.42 Å². The molecule has 6 heteroatoms. The van der Waals surface area contributed by atoms with Crippen LogP contribution < -0.4 is 9.32 Å². The van der Waals surface area contributed by atoms with Crippen LogP contribution in [0.2, 0.25) is 0 Å². The fourth-order valence-corrected chi connectivity index (χ4v) is 5.09. The molecule has 4 nitrogen and oxygen atoms in total. The smallest absolute Gasteiger partial charge is 0.371 e. The van der Waals surface area contributed by atoms with Gasteiger partial charge in [-0.05, 0) is 53.3 Å². The van der Waals surface area contributed by atoms with Crippen molar-refractivity contribution in [2.24, 2.45) is 5.14 Å². The Balaban J connectivity index is 1.82. The summed E-state index contributed by atoms with van der Waals surface area (Å²) in [6.07, 6.45) is 11.9. The predicted octanol–water partition coefficient (Wildman–Crippen LogP) is 5.09. The lowest BCUT2D eigenvalue weighted by Crippen LogP contribution is -2.18. The van der Waals surface area contributed by atoms with Gasteiger partial charge in [-0.25, -0.2) is 0 Å². The summed E-state index contributed by atoms with van der Waals surface area (Å²) in [5.41, 5.74) is 1.41. The van der Waals surface area contributed by atoms with Gasteiger partial charge in [-0.3, -0.25) is 0 Å². The highest BCUT2D eigenvalue weighted by Crippen LogP contribution is 2.38. The standard InChI is InChI=1S/C18H25NO3S2/c19-24(20,21)22-15-10-11-16-17(13-23-18(16)12-15)14-8-6-4-2-1-3-5-7-9-14/h10-14H,1-9H2,(H2,19,20,21). The maximum absolute atomic E-state index is 11.1. The third kappa shape index (κ3) is 4.71. The topological polar surface area (TPSA) is 69.4 Å². The van der Waals surface area contributed by atoms with Crippen molar-refractivity contribution in [3.8, 4) is 5.75 Å². The molecule has 0 saturated heterocycles. The number of rotatable bonds is 3. The second kappa shape index (κ2) is 7.85. The molecule has 0 spiro atoms. The van der Waals surface area contributed by atoms with E-state index in [0.717, 1.165) is 4.70 Å². The molecule has 1 fully saturated rings. The molecular formula is C18H25NO3S2. The van der Waals surface area contributed by atoms with Crippen LogP contribution in [0.25, 0.3) is 10.1 Å². The molecule has 0 radical (unpaired) electrons. The van der Waals surface area contributed by atoms with Gasteiger partial charge in [0.2, 0.25) is 0 Å². The molecule has 132 valence electrons. The van der Waals surface area contributed by atoms with Gasteiger partial charge in [0.05, 0.1) is 0 Å². The van der Waals surface area contributed by atoms with Gasteiger partial charge >= 0.3 is 10.3 Å². The van der Waals surface area contributed by atoms with Gasteiger partial charge in [-0.15, -0.1) is 11.3 Å². The Morgan fingerprint density at radius 3 is 2.25 bits per heavy atom. The second-order valence-corrected chi connectivity index (χ2v) is 8.74. The van der Waals surface area contributed by atoms with E-state index >= 15 is 0 Å².